The molecule has 2 aromatic carbocycles. The molecule has 0 saturated carbocycles. The molecular formula is C25H25N3O4S2. The molecule has 2 aromatic heterocycles. The first-order valence-corrected chi connectivity index (χ1v) is 12.7. The number of rotatable bonds is 9. The molecular weight excluding hydrogens is 470 g/mol. The summed E-state index contributed by atoms with van der Waals surface area (Å²) < 4.78 is 13.3. The van der Waals surface area contributed by atoms with Gasteiger partial charge in [-0.3, -0.25) is 14.2 Å². The van der Waals surface area contributed by atoms with Crippen molar-refractivity contribution in [2.45, 2.75) is 19.0 Å². The van der Waals surface area contributed by atoms with E-state index in [1.807, 2.05) is 49.6 Å². The maximum absolute atomic E-state index is 12.9. The number of nitrogens with zero attached hydrogens (tertiary/aromatic N) is 2. The fourth-order valence-electron chi connectivity index (χ4n) is 3.44. The van der Waals surface area contributed by atoms with Crippen LogP contribution in [0.4, 0.5) is 5.69 Å². The molecule has 0 unspecified atom stereocenters. The maximum Gasteiger partial charge on any atom is 0.271 e. The summed E-state index contributed by atoms with van der Waals surface area (Å²) in [6, 6.07) is 15.2. The third-order valence-electron chi connectivity index (χ3n) is 5.01. The second-order valence-electron chi connectivity index (χ2n) is 7.31. The Morgan fingerprint density at radius 3 is 2.62 bits per heavy atom. The minimum absolute atomic E-state index is 0.0843. The first-order valence-electron chi connectivity index (χ1n) is 10.9. The number of carbonyl (C=O) groups is 1. The van der Waals surface area contributed by atoms with Crippen LogP contribution in [0.3, 0.4) is 0 Å². The lowest BCUT2D eigenvalue weighted by atomic mass is 10.1. The van der Waals surface area contributed by atoms with Gasteiger partial charge in [0.25, 0.3) is 5.56 Å². The average Bonchev–Trinajstić information content (AvgIpc) is 3.27. The number of benzene rings is 2. The molecule has 176 valence electrons. The highest BCUT2D eigenvalue weighted by atomic mass is 32.2. The van der Waals surface area contributed by atoms with E-state index in [1.54, 1.807) is 25.2 Å². The second-order valence-corrected chi connectivity index (χ2v) is 9.13. The molecule has 0 aliphatic rings. The quantitative estimate of drug-likeness (QED) is 0.254. The van der Waals surface area contributed by atoms with Crippen LogP contribution in [0, 0.1) is 0 Å². The summed E-state index contributed by atoms with van der Waals surface area (Å²) in [5.74, 6) is 1.07. The molecule has 0 saturated heterocycles. The highest BCUT2D eigenvalue weighted by molar-refractivity contribution is 7.99. The minimum Gasteiger partial charge on any atom is -0.494 e. The lowest BCUT2D eigenvalue weighted by Crippen LogP contribution is -2.21. The van der Waals surface area contributed by atoms with Crippen LogP contribution in [0.25, 0.3) is 21.3 Å². The first kappa shape index (κ1) is 23.8. The summed E-state index contributed by atoms with van der Waals surface area (Å²) in [7, 11) is 1.68. The predicted octanol–water partition coefficient (Wildman–Crippen LogP) is 5.19. The van der Waals surface area contributed by atoms with Gasteiger partial charge in [-0.25, -0.2) is 4.98 Å². The van der Waals surface area contributed by atoms with Gasteiger partial charge in [-0.1, -0.05) is 42.1 Å². The molecule has 9 heteroatoms. The molecule has 0 atom stereocenters. The Labute approximate surface area is 205 Å². The van der Waals surface area contributed by atoms with Crippen LogP contribution in [0.15, 0.2) is 63.9 Å². The summed E-state index contributed by atoms with van der Waals surface area (Å²) in [5.41, 5.74) is 2.99. The van der Waals surface area contributed by atoms with E-state index >= 15 is 0 Å². The number of thiophene rings is 1. The van der Waals surface area contributed by atoms with Crippen molar-refractivity contribution in [1.29, 1.82) is 0 Å². The SMILES string of the molecule is CCOc1ccc(OCC)c(NC(=O)CSc2nc3c(-c4ccccc4)csc3c(=O)n2C)c1. The Morgan fingerprint density at radius 1 is 1.12 bits per heavy atom. The number of hydrogen-bond donors (Lipinski definition) is 1. The fourth-order valence-corrected chi connectivity index (χ4v) is 5.19. The van der Waals surface area contributed by atoms with E-state index in [2.05, 4.69) is 5.32 Å². The van der Waals surface area contributed by atoms with Crippen LogP contribution in [0.5, 0.6) is 11.5 Å². The van der Waals surface area contributed by atoms with E-state index in [-0.39, 0.29) is 17.2 Å². The minimum atomic E-state index is -0.234. The summed E-state index contributed by atoms with van der Waals surface area (Å²) >= 11 is 2.60. The number of amides is 1. The van der Waals surface area contributed by atoms with Crippen molar-refractivity contribution in [3.05, 3.63) is 64.3 Å². The van der Waals surface area contributed by atoms with Crippen molar-refractivity contribution in [3.8, 4) is 22.6 Å². The summed E-state index contributed by atoms with van der Waals surface area (Å²) in [4.78, 5) is 30.5. The molecule has 2 heterocycles. The molecule has 34 heavy (non-hydrogen) atoms. The molecule has 4 rings (SSSR count). The monoisotopic (exact) mass is 495 g/mol. The van der Waals surface area contributed by atoms with Gasteiger partial charge in [-0.15, -0.1) is 11.3 Å². The molecule has 0 aliphatic carbocycles. The summed E-state index contributed by atoms with van der Waals surface area (Å²) in [5, 5.41) is 5.33. The van der Waals surface area contributed by atoms with Gasteiger partial charge in [-0.2, -0.15) is 0 Å². The molecule has 0 bridgehead atoms. The Bertz CT molecular complexity index is 1370. The summed E-state index contributed by atoms with van der Waals surface area (Å²) in [6.07, 6.45) is 0. The Kier molecular flexibility index (Phi) is 7.54. The third kappa shape index (κ3) is 5.10. The zero-order valence-electron chi connectivity index (χ0n) is 19.2. The lowest BCUT2D eigenvalue weighted by molar-refractivity contribution is -0.113. The number of carbonyl (C=O) groups excluding carboxylic acids is 1. The van der Waals surface area contributed by atoms with Crippen molar-refractivity contribution in [3.63, 3.8) is 0 Å². The van der Waals surface area contributed by atoms with E-state index in [0.29, 0.717) is 45.8 Å². The summed E-state index contributed by atoms with van der Waals surface area (Å²) in [6.45, 7) is 4.78. The number of anilines is 1. The third-order valence-corrected chi connectivity index (χ3v) is 7.00. The Morgan fingerprint density at radius 2 is 1.88 bits per heavy atom. The van der Waals surface area contributed by atoms with E-state index in [1.165, 1.54) is 27.7 Å². The van der Waals surface area contributed by atoms with Crippen molar-refractivity contribution in [1.82, 2.24) is 9.55 Å². The second kappa shape index (κ2) is 10.8. The molecule has 1 N–H and O–H groups in total. The van der Waals surface area contributed by atoms with Crippen molar-refractivity contribution >= 4 is 44.9 Å². The molecule has 0 spiro atoms. The van der Waals surface area contributed by atoms with Crippen LogP contribution in [-0.4, -0.2) is 34.4 Å². The van der Waals surface area contributed by atoms with Gasteiger partial charge >= 0.3 is 0 Å². The van der Waals surface area contributed by atoms with E-state index in [9.17, 15) is 9.59 Å². The number of aromatic nitrogens is 2. The highest BCUT2D eigenvalue weighted by Gasteiger charge is 2.17. The normalized spacial score (nSPS) is 10.9. The average molecular weight is 496 g/mol. The van der Waals surface area contributed by atoms with Crippen LogP contribution in [0.1, 0.15) is 13.8 Å². The van der Waals surface area contributed by atoms with Crippen molar-refractivity contribution in [2.24, 2.45) is 7.05 Å². The van der Waals surface area contributed by atoms with Gasteiger partial charge in [0, 0.05) is 24.1 Å². The lowest BCUT2D eigenvalue weighted by Gasteiger charge is -2.14. The molecule has 0 fully saturated rings. The largest absolute Gasteiger partial charge is 0.494 e. The molecule has 7 nitrogen and oxygen atoms in total. The van der Waals surface area contributed by atoms with E-state index < -0.39 is 0 Å². The standard InChI is InChI=1S/C25H25N3O4S2/c1-4-31-17-11-12-20(32-5-2)19(13-17)26-21(29)15-34-25-27-22-18(16-9-7-6-8-10-16)14-33-23(22)24(30)28(25)3/h6-14H,4-5,15H2,1-3H3,(H,26,29). The zero-order chi connectivity index (χ0) is 24.1. The van der Waals surface area contributed by atoms with Crippen LogP contribution >= 0.6 is 23.1 Å². The number of thioether (sulfide) groups is 1. The first-order chi connectivity index (χ1) is 16.5. The molecule has 1 amide bonds. The van der Waals surface area contributed by atoms with Gasteiger partial charge in [0.2, 0.25) is 5.91 Å². The zero-order valence-corrected chi connectivity index (χ0v) is 20.8. The Balaban J connectivity index is 1.56. The highest BCUT2D eigenvalue weighted by Crippen LogP contribution is 2.33. The van der Waals surface area contributed by atoms with Gasteiger partial charge in [0.05, 0.1) is 30.2 Å². The fraction of sp³-hybridized carbons (Fsp3) is 0.240. The van der Waals surface area contributed by atoms with Gasteiger partial charge in [0.15, 0.2) is 5.16 Å². The number of ether oxygens (including phenoxy) is 2. The van der Waals surface area contributed by atoms with Gasteiger partial charge < -0.3 is 14.8 Å². The predicted molar refractivity (Wildman–Crippen MR) is 138 cm³/mol. The Hall–Kier alpha value is -3.30. The topological polar surface area (TPSA) is 82.5 Å². The van der Waals surface area contributed by atoms with Crippen LogP contribution < -0.4 is 20.3 Å². The van der Waals surface area contributed by atoms with Crippen molar-refractivity contribution < 1.29 is 14.3 Å². The molecule has 4 aromatic rings. The smallest absolute Gasteiger partial charge is 0.271 e. The van der Waals surface area contributed by atoms with Crippen molar-refractivity contribution in [2.75, 3.05) is 24.3 Å². The van der Waals surface area contributed by atoms with Gasteiger partial charge in [0.1, 0.15) is 16.2 Å². The van der Waals surface area contributed by atoms with E-state index in [4.69, 9.17) is 14.5 Å². The molecule has 0 radical (unpaired) electrons. The van der Waals surface area contributed by atoms with Crippen LogP contribution in [0.2, 0.25) is 0 Å². The van der Waals surface area contributed by atoms with Crippen LogP contribution in [-0.2, 0) is 11.8 Å². The number of fused-ring (bicyclic) bond motifs is 1. The number of hydrogen-bond acceptors (Lipinski definition) is 7. The van der Waals surface area contributed by atoms with Gasteiger partial charge in [-0.05, 0) is 31.5 Å². The number of nitrogens with one attached hydrogen (secondary N) is 1. The van der Waals surface area contributed by atoms with E-state index in [0.717, 1.165) is 11.1 Å². The molecule has 0 aliphatic heterocycles. The maximum atomic E-state index is 12.9.